The van der Waals surface area contributed by atoms with Crippen LogP contribution in [0.25, 0.3) is 0 Å². The van der Waals surface area contributed by atoms with Crippen molar-refractivity contribution < 1.29 is 13.9 Å². The Morgan fingerprint density at radius 1 is 1.08 bits per heavy atom. The van der Waals surface area contributed by atoms with E-state index in [-0.39, 0.29) is 5.82 Å². The standard InChI is InChI=1S/C18H29FN4O2/c1-24-14-15-25-13-3-2-8-21-18(20)23-11-9-22(10-12-23)17-6-4-16(19)5-7-17/h4-7H,2-3,8-15H2,1H3,(H2,20,21). The summed E-state index contributed by atoms with van der Waals surface area (Å²) >= 11 is 0. The Hall–Kier alpha value is -1.86. The van der Waals surface area contributed by atoms with Crippen LogP contribution in [0, 0.1) is 5.82 Å². The molecule has 0 spiro atoms. The molecule has 1 aliphatic rings. The quantitative estimate of drug-likeness (QED) is 0.416. The summed E-state index contributed by atoms with van der Waals surface area (Å²) in [5.74, 6) is 0.405. The summed E-state index contributed by atoms with van der Waals surface area (Å²) in [4.78, 5) is 8.81. The van der Waals surface area contributed by atoms with Crippen LogP contribution in [0.15, 0.2) is 29.3 Å². The van der Waals surface area contributed by atoms with Gasteiger partial charge in [-0.3, -0.25) is 4.99 Å². The molecule has 0 unspecified atom stereocenters. The van der Waals surface area contributed by atoms with Gasteiger partial charge in [0.15, 0.2) is 5.96 Å². The predicted molar refractivity (Wildman–Crippen MR) is 98.6 cm³/mol. The van der Waals surface area contributed by atoms with Crippen LogP contribution in [0.5, 0.6) is 0 Å². The van der Waals surface area contributed by atoms with Crippen molar-refractivity contribution in [2.45, 2.75) is 12.8 Å². The summed E-state index contributed by atoms with van der Waals surface area (Å²) in [6.45, 7) is 6.09. The molecule has 1 aromatic rings. The minimum atomic E-state index is -0.206. The first-order valence-electron chi connectivity index (χ1n) is 8.83. The van der Waals surface area contributed by atoms with E-state index in [0.717, 1.165) is 57.9 Å². The molecule has 25 heavy (non-hydrogen) atoms. The summed E-state index contributed by atoms with van der Waals surface area (Å²) in [5, 5.41) is 0. The molecule has 2 N–H and O–H groups in total. The maximum absolute atomic E-state index is 13.0. The average molecular weight is 352 g/mol. The molecule has 0 aliphatic carbocycles. The number of piperazine rings is 1. The summed E-state index contributed by atoms with van der Waals surface area (Å²) in [6, 6.07) is 6.63. The molecule has 0 atom stereocenters. The SMILES string of the molecule is COCCOCCCCN=C(N)N1CCN(c2ccc(F)cc2)CC1. The number of halogens is 1. The number of anilines is 1. The first kappa shape index (κ1) is 19.5. The molecule has 0 aromatic heterocycles. The lowest BCUT2D eigenvalue weighted by Crippen LogP contribution is -2.51. The van der Waals surface area contributed by atoms with Gasteiger partial charge in [-0.25, -0.2) is 4.39 Å². The van der Waals surface area contributed by atoms with E-state index in [2.05, 4.69) is 14.8 Å². The number of unbranched alkanes of at least 4 members (excludes halogenated alkanes) is 1. The van der Waals surface area contributed by atoms with Crippen LogP contribution in [0.3, 0.4) is 0 Å². The number of rotatable bonds is 9. The Balaban J connectivity index is 1.63. The first-order valence-corrected chi connectivity index (χ1v) is 8.83. The van der Waals surface area contributed by atoms with Gasteiger partial charge in [0.05, 0.1) is 13.2 Å². The van der Waals surface area contributed by atoms with Crippen LogP contribution in [0.4, 0.5) is 10.1 Å². The average Bonchev–Trinajstić information content (AvgIpc) is 2.64. The smallest absolute Gasteiger partial charge is 0.191 e. The highest BCUT2D eigenvalue weighted by Crippen LogP contribution is 2.16. The van der Waals surface area contributed by atoms with Crippen molar-refractivity contribution in [3.8, 4) is 0 Å². The van der Waals surface area contributed by atoms with E-state index < -0.39 is 0 Å². The molecular formula is C18H29FN4O2. The van der Waals surface area contributed by atoms with Gasteiger partial charge in [0.25, 0.3) is 0 Å². The number of hydrogen-bond acceptors (Lipinski definition) is 4. The molecule has 1 fully saturated rings. The number of guanidine groups is 1. The van der Waals surface area contributed by atoms with E-state index in [1.165, 1.54) is 12.1 Å². The zero-order valence-corrected chi connectivity index (χ0v) is 15.0. The minimum absolute atomic E-state index is 0.206. The van der Waals surface area contributed by atoms with Gasteiger partial charge in [-0.1, -0.05) is 0 Å². The number of nitrogens with two attached hydrogens (primary N) is 1. The summed E-state index contributed by atoms with van der Waals surface area (Å²) in [5.41, 5.74) is 7.14. The second-order valence-electron chi connectivity index (χ2n) is 6.00. The number of nitrogens with zero attached hydrogens (tertiary/aromatic N) is 3. The van der Waals surface area contributed by atoms with Gasteiger partial charge in [-0.05, 0) is 37.1 Å². The highest BCUT2D eigenvalue weighted by Gasteiger charge is 2.18. The van der Waals surface area contributed by atoms with Gasteiger partial charge < -0.3 is 25.0 Å². The molecule has 1 heterocycles. The molecular weight excluding hydrogens is 323 g/mol. The topological polar surface area (TPSA) is 63.3 Å². The molecule has 1 saturated heterocycles. The molecule has 1 aromatic carbocycles. The molecule has 0 bridgehead atoms. The Morgan fingerprint density at radius 3 is 2.48 bits per heavy atom. The van der Waals surface area contributed by atoms with E-state index >= 15 is 0 Å². The predicted octanol–water partition coefficient (Wildman–Crippen LogP) is 1.71. The fraction of sp³-hybridized carbons (Fsp3) is 0.611. The van der Waals surface area contributed by atoms with Gasteiger partial charge in [0.2, 0.25) is 0 Å². The van der Waals surface area contributed by atoms with Gasteiger partial charge in [0, 0.05) is 52.1 Å². The third-order valence-electron chi connectivity index (χ3n) is 4.20. The number of ether oxygens (including phenoxy) is 2. The fourth-order valence-electron chi connectivity index (χ4n) is 2.70. The third kappa shape index (κ3) is 6.88. The largest absolute Gasteiger partial charge is 0.382 e. The van der Waals surface area contributed by atoms with Crippen LogP contribution in [-0.4, -0.2) is 70.5 Å². The monoisotopic (exact) mass is 352 g/mol. The van der Waals surface area contributed by atoms with Gasteiger partial charge >= 0.3 is 0 Å². The van der Waals surface area contributed by atoms with Crippen molar-refractivity contribution in [2.24, 2.45) is 10.7 Å². The zero-order valence-electron chi connectivity index (χ0n) is 15.0. The molecule has 2 rings (SSSR count). The Morgan fingerprint density at radius 2 is 1.80 bits per heavy atom. The molecule has 140 valence electrons. The molecule has 0 saturated carbocycles. The Kier molecular flexibility index (Phi) is 8.48. The van der Waals surface area contributed by atoms with E-state index in [4.69, 9.17) is 15.2 Å². The van der Waals surface area contributed by atoms with Gasteiger partial charge in [-0.15, -0.1) is 0 Å². The Labute approximate surface area is 149 Å². The molecule has 0 radical (unpaired) electrons. The Bertz CT molecular complexity index is 516. The molecule has 0 amide bonds. The minimum Gasteiger partial charge on any atom is -0.382 e. The second-order valence-corrected chi connectivity index (χ2v) is 6.00. The van der Waals surface area contributed by atoms with Crippen molar-refractivity contribution in [1.82, 2.24) is 4.90 Å². The van der Waals surface area contributed by atoms with Crippen LogP contribution >= 0.6 is 0 Å². The number of methoxy groups -OCH3 is 1. The van der Waals surface area contributed by atoms with Crippen molar-refractivity contribution >= 4 is 11.6 Å². The number of benzene rings is 1. The van der Waals surface area contributed by atoms with Crippen molar-refractivity contribution in [1.29, 1.82) is 0 Å². The van der Waals surface area contributed by atoms with E-state index in [1.807, 2.05) is 12.1 Å². The lowest BCUT2D eigenvalue weighted by molar-refractivity contribution is 0.0690. The van der Waals surface area contributed by atoms with Crippen molar-refractivity contribution in [3.05, 3.63) is 30.1 Å². The summed E-state index contributed by atoms with van der Waals surface area (Å²) < 4.78 is 23.3. The summed E-state index contributed by atoms with van der Waals surface area (Å²) in [6.07, 6.45) is 1.93. The van der Waals surface area contributed by atoms with Crippen molar-refractivity contribution in [3.63, 3.8) is 0 Å². The highest BCUT2D eigenvalue weighted by atomic mass is 19.1. The lowest BCUT2D eigenvalue weighted by atomic mass is 10.2. The third-order valence-corrected chi connectivity index (χ3v) is 4.20. The number of aliphatic imine (C=N–C) groups is 1. The second kappa shape index (κ2) is 10.9. The van der Waals surface area contributed by atoms with E-state index in [9.17, 15) is 4.39 Å². The zero-order chi connectivity index (χ0) is 17.9. The van der Waals surface area contributed by atoms with E-state index in [1.54, 1.807) is 7.11 Å². The number of hydrogen-bond donors (Lipinski definition) is 1. The molecule has 1 aliphatic heterocycles. The molecule has 7 heteroatoms. The fourth-order valence-corrected chi connectivity index (χ4v) is 2.70. The van der Waals surface area contributed by atoms with Crippen LogP contribution in [0.2, 0.25) is 0 Å². The maximum atomic E-state index is 13.0. The highest BCUT2D eigenvalue weighted by molar-refractivity contribution is 5.78. The van der Waals surface area contributed by atoms with Gasteiger partial charge in [-0.2, -0.15) is 0 Å². The first-order chi connectivity index (χ1) is 12.2. The summed E-state index contributed by atoms with van der Waals surface area (Å²) in [7, 11) is 1.67. The normalized spacial score (nSPS) is 15.7. The van der Waals surface area contributed by atoms with Crippen LogP contribution < -0.4 is 10.6 Å². The van der Waals surface area contributed by atoms with Crippen LogP contribution in [0.1, 0.15) is 12.8 Å². The van der Waals surface area contributed by atoms with E-state index in [0.29, 0.717) is 19.2 Å². The van der Waals surface area contributed by atoms with Crippen LogP contribution in [-0.2, 0) is 9.47 Å². The van der Waals surface area contributed by atoms with Crippen molar-refractivity contribution in [2.75, 3.05) is 64.6 Å². The lowest BCUT2D eigenvalue weighted by Gasteiger charge is -2.36. The van der Waals surface area contributed by atoms with Gasteiger partial charge in [0.1, 0.15) is 5.82 Å². The molecule has 6 nitrogen and oxygen atoms in total. The maximum Gasteiger partial charge on any atom is 0.191 e.